The Labute approximate surface area is 161 Å². The fraction of sp³-hybridized carbons (Fsp3) is 0.526. The number of hydrogen-bond acceptors (Lipinski definition) is 6. The molecule has 1 aromatic carbocycles. The Balaban J connectivity index is 2.16. The third kappa shape index (κ3) is 2.95. The molecule has 0 aliphatic carbocycles. The Morgan fingerprint density at radius 3 is 2.63 bits per heavy atom. The van der Waals surface area contributed by atoms with Gasteiger partial charge in [0.25, 0.3) is 0 Å². The van der Waals surface area contributed by atoms with E-state index in [2.05, 4.69) is 5.32 Å². The summed E-state index contributed by atoms with van der Waals surface area (Å²) in [7, 11) is 1.26. The van der Waals surface area contributed by atoms with E-state index in [1.165, 1.54) is 29.8 Å². The van der Waals surface area contributed by atoms with E-state index >= 15 is 0 Å². The molecule has 6 nitrogen and oxygen atoms in total. The van der Waals surface area contributed by atoms with Crippen molar-refractivity contribution in [1.82, 2.24) is 10.2 Å². The number of carbonyl (C=O) groups is 3. The number of esters is 1. The molecule has 0 aromatic heterocycles. The first kappa shape index (κ1) is 19.8. The molecule has 2 amide bonds. The molecule has 0 bridgehead atoms. The van der Waals surface area contributed by atoms with Gasteiger partial charge in [0.05, 0.1) is 18.9 Å². The lowest BCUT2D eigenvalue weighted by Gasteiger charge is -2.32. The van der Waals surface area contributed by atoms with Crippen molar-refractivity contribution in [3.8, 4) is 0 Å². The Morgan fingerprint density at radius 2 is 2.04 bits per heavy atom. The van der Waals surface area contributed by atoms with Gasteiger partial charge < -0.3 is 4.74 Å². The third-order valence-corrected chi connectivity index (χ3v) is 6.16. The molecule has 0 unspecified atom stereocenters. The average molecular weight is 394 g/mol. The lowest BCUT2D eigenvalue weighted by Crippen LogP contribution is -2.56. The maximum Gasteiger partial charge on any atom is 0.326 e. The standard InChI is InChI=1S/C19H23FN2O4S/c1-4-22-16(23)13-14(17(22)24)19(9-10-27-3,18(25)26-2)21-15(13)11-7-5-6-8-12(11)20/h5-8,13-15,21H,4,9-10H2,1-3H3/t13-,14-,15+,19+/m0/s1. The first-order chi connectivity index (χ1) is 12.9. The molecule has 0 radical (unpaired) electrons. The van der Waals surface area contributed by atoms with E-state index in [1.54, 1.807) is 25.1 Å². The van der Waals surface area contributed by atoms with Gasteiger partial charge in [0.1, 0.15) is 11.4 Å². The number of rotatable bonds is 6. The molecule has 2 aliphatic heterocycles. The summed E-state index contributed by atoms with van der Waals surface area (Å²) in [5, 5.41) is 3.16. The van der Waals surface area contributed by atoms with E-state index in [9.17, 15) is 18.8 Å². The van der Waals surface area contributed by atoms with Gasteiger partial charge in [-0.1, -0.05) is 18.2 Å². The molecule has 1 aromatic rings. The fourth-order valence-electron chi connectivity index (χ4n) is 4.33. The van der Waals surface area contributed by atoms with Crippen molar-refractivity contribution in [3.05, 3.63) is 35.6 Å². The molecule has 146 valence electrons. The number of halogens is 1. The predicted molar refractivity (Wildman–Crippen MR) is 99.4 cm³/mol. The SMILES string of the molecule is CCN1C(=O)[C@@H]2[C@@H](c3ccccc3F)N[C@@](CCSC)(C(=O)OC)[C@@H]2C1=O. The number of likely N-dealkylation sites (tertiary alicyclic amines) is 1. The number of carbonyl (C=O) groups excluding carboxylic acids is 3. The van der Waals surface area contributed by atoms with Crippen LogP contribution in [-0.4, -0.2) is 53.9 Å². The minimum Gasteiger partial charge on any atom is -0.468 e. The molecular formula is C19H23FN2O4S. The summed E-state index contributed by atoms with van der Waals surface area (Å²) in [6.07, 6.45) is 2.20. The second kappa shape index (κ2) is 7.59. The van der Waals surface area contributed by atoms with E-state index < -0.39 is 41.1 Å². The fourth-order valence-corrected chi connectivity index (χ4v) is 4.86. The van der Waals surface area contributed by atoms with Crippen LogP contribution in [0.25, 0.3) is 0 Å². The molecule has 2 heterocycles. The number of amides is 2. The minimum absolute atomic E-state index is 0.217. The van der Waals surface area contributed by atoms with E-state index in [0.29, 0.717) is 12.2 Å². The van der Waals surface area contributed by atoms with Crippen LogP contribution in [0.1, 0.15) is 24.9 Å². The van der Waals surface area contributed by atoms with Gasteiger partial charge in [-0.2, -0.15) is 11.8 Å². The van der Waals surface area contributed by atoms with Crippen molar-refractivity contribution in [3.63, 3.8) is 0 Å². The highest BCUT2D eigenvalue weighted by Crippen LogP contribution is 2.50. The smallest absolute Gasteiger partial charge is 0.326 e. The molecule has 27 heavy (non-hydrogen) atoms. The van der Waals surface area contributed by atoms with Crippen LogP contribution in [0, 0.1) is 17.7 Å². The van der Waals surface area contributed by atoms with Gasteiger partial charge in [0.15, 0.2) is 0 Å². The van der Waals surface area contributed by atoms with Crippen molar-refractivity contribution in [2.24, 2.45) is 11.8 Å². The van der Waals surface area contributed by atoms with E-state index in [0.717, 1.165) is 0 Å². The Morgan fingerprint density at radius 1 is 1.33 bits per heavy atom. The van der Waals surface area contributed by atoms with Crippen LogP contribution in [0.5, 0.6) is 0 Å². The normalized spacial score (nSPS) is 29.9. The van der Waals surface area contributed by atoms with Crippen molar-refractivity contribution in [2.45, 2.75) is 24.9 Å². The summed E-state index contributed by atoms with van der Waals surface area (Å²) in [4.78, 5) is 40.0. The lowest BCUT2D eigenvalue weighted by molar-refractivity contribution is -0.154. The quantitative estimate of drug-likeness (QED) is 0.585. The van der Waals surface area contributed by atoms with Crippen LogP contribution >= 0.6 is 11.8 Å². The first-order valence-electron chi connectivity index (χ1n) is 8.87. The number of hydrogen-bond donors (Lipinski definition) is 1. The van der Waals surface area contributed by atoms with Gasteiger partial charge in [-0.3, -0.25) is 24.6 Å². The van der Waals surface area contributed by atoms with Crippen LogP contribution in [-0.2, 0) is 19.1 Å². The summed E-state index contributed by atoms with van der Waals surface area (Å²) in [6, 6.07) is 5.36. The Bertz CT molecular complexity index is 774. The number of nitrogens with one attached hydrogen (secondary N) is 1. The molecule has 8 heteroatoms. The van der Waals surface area contributed by atoms with Crippen LogP contribution < -0.4 is 5.32 Å². The van der Waals surface area contributed by atoms with Crippen molar-refractivity contribution >= 4 is 29.5 Å². The molecule has 1 N–H and O–H groups in total. The molecule has 3 rings (SSSR count). The lowest BCUT2D eigenvalue weighted by atomic mass is 9.78. The summed E-state index contributed by atoms with van der Waals surface area (Å²) < 4.78 is 19.5. The monoisotopic (exact) mass is 394 g/mol. The zero-order valence-corrected chi connectivity index (χ0v) is 16.3. The first-order valence-corrected chi connectivity index (χ1v) is 10.3. The van der Waals surface area contributed by atoms with Crippen molar-refractivity contribution < 1.29 is 23.5 Å². The zero-order chi connectivity index (χ0) is 19.8. The third-order valence-electron chi connectivity index (χ3n) is 5.55. The van der Waals surface area contributed by atoms with Gasteiger partial charge >= 0.3 is 5.97 Å². The maximum absolute atomic E-state index is 14.5. The maximum atomic E-state index is 14.5. The molecule has 4 atom stereocenters. The Kier molecular flexibility index (Phi) is 5.58. The number of ether oxygens (including phenoxy) is 1. The van der Waals surface area contributed by atoms with Crippen molar-refractivity contribution in [2.75, 3.05) is 25.7 Å². The molecular weight excluding hydrogens is 371 g/mol. The topological polar surface area (TPSA) is 75.7 Å². The van der Waals surface area contributed by atoms with Gasteiger partial charge in [-0.15, -0.1) is 0 Å². The largest absolute Gasteiger partial charge is 0.468 e. The van der Waals surface area contributed by atoms with Crippen LogP contribution in [0.4, 0.5) is 4.39 Å². The van der Waals surface area contributed by atoms with Gasteiger partial charge in [0, 0.05) is 18.2 Å². The van der Waals surface area contributed by atoms with Crippen molar-refractivity contribution in [1.29, 1.82) is 0 Å². The minimum atomic E-state index is -1.36. The number of nitrogens with zero attached hydrogens (tertiary/aromatic N) is 1. The number of benzene rings is 1. The van der Waals surface area contributed by atoms with Gasteiger partial charge in [-0.25, -0.2) is 4.39 Å². The van der Waals surface area contributed by atoms with Crippen LogP contribution in [0.15, 0.2) is 24.3 Å². The average Bonchev–Trinajstić information content (AvgIpc) is 3.14. The molecule has 0 saturated carbocycles. The van der Waals surface area contributed by atoms with E-state index in [1.807, 2.05) is 6.26 Å². The number of thioether (sulfide) groups is 1. The van der Waals surface area contributed by atoms with Crippen LogP contribution in [0.2, 0.25) is 0 Å². The number of methoxy groups -OCH3 is 1. The molecule has 2 aliphatic rings. The van der Waals surface area contributed by atoms with Crippen LogP contribution in [0.3, 0.4) is 0 Å². The highest BCUT2D eigenvalue weighted by molar-refractivity contribution is 7.98. The summed E-state index contributed by atoms with van der Waals surface area (Å²) in [5.41, 5.74) is -1.08. The predicted octanol–water partition coefficient (Wildman–Crippen LogP) is 1.76. The molecule has 2 fully saturated rings. The highest BCUT2D eigenvalue weighted by atomic mass is 32.2. The van der Waals surface area contributed by atoms with Gasteiger partial charge in [0.2, 0.25) is 11.8 Å². The molecule has 2 saturated heterocycles. The summed E-state index contributed by atoms with van der Waals surface area (Å²) in [5.74, 6) is -3.00. The number of fused-ring (bicyclic) bond motifs is 1. The zero-order valence-electron chi connectivity index (χ0n) is 15.5. The second-order valence-corrected chi connectivity index (χ2v) is 7.76. The molecule has 0 spiro atoms. The summed E-state index contributed by atoms with van der Waals surface area (Å²) in [6.45, 7) is 1.93. The highest BCUT2D eigenvalue weighted by Gasteiger charge is 2.68. The summed E-state index contributed by atoms with van der Waals surface area (Å²) >= 11 is 1.53. The van der Waals surface area contributed by atoms with E-state index in [4.69, 9.17) is 4.74 Å². The number of imide groups is 1. The van der Waals surface area contributed by atoms with Gasteiger partial charge in [-0.05, 0) is 31.4 Å². The van der Waals surface area contributed by atoms with E-state index in [-0.39, 0.29) is 18.0 Å². The second-order valence-electron chi connectivity index (χ2n) is 6.77. The Hall–Kier alpha value is -1.93.